The fraction of sp³-hybridized carbons (Fsp3) is 0.292. The highest BCUT2D eigenvalue weighted by molar-refractivity contribution is 5.97. The number of fused-ring (bicyclic) bond motifs is 1. The molecule has 0 fully saturated rings. The number of esters is 1. The van der Waals surface area contributed by atoms with E-state index in [0.29, 0.717) is 29.2 Å². The Morgan fingerprint density at radius 2 is 2.13 bits per heavy atom. The molecule has 0 bridgehead atoms. The number of anilines is 1. The quantitative estimate of drug-likeness (QED) is 0.540. The van der Waals surface area contributed by atoms with Crippen LogP contribution in [0.1, 0.15) is 37.5 Å². The van der Waals surface area contributed by atoms with Crippen LogP contribution in [0.4, 0.5) is 5.69 Å². The summed E-state index contributed by atoms with van der Waals surface area (Å²) in [5.74, 6) is 0.225. The lowest BCUT2D eigenvalue weighted by Gasteiger charge is -2.13. The molecule has 0 unspecified atom stereocenters. The predicted molar refractivity (Wildman–Crippen MR) is 116 cm³/mol. The van der Waals surface area contributed by atoms with E-state index in [2.05, 4.69) is 5.32 Å². The summed E-state index contributed by atoms with van der Waals surface area (Å²) in [6, 6.07) is 12.4. The average molecular weight is 420 g/mol. The Morgan fingerprint density at radius 3 is 2.87 bits per heavy atom. The lowest BCUT2D eigenvalue weighted by Crippen LogP contribution is -2.29. The smallest absolute Gasteiger partial charge is 0.331 e. The van der Waals surface area contributed by atoms with Crippen LogP contribution in [0.3, 0.4) is 0 Å². The monoisotopic (exact) mass is 420 g/mol. The number of nitrogens with zero attached hydrogens (tertiary/aromatic N) is 1. The van der Waals surface area contributed by atoms with Crippen LogP contribution in [0.5, 0.6) is 11.5 Å². The predicted octanol–water partition coefficient (Wildman–Crippen LogP) is 3.86. The van der Waals surface area contributed by atoms with E-state index >= 15 is 0 Å². The van der Waals surface area contributed by atoms with Crippen molar-refractivity contribution in [2.75, 3.05) is 11.9 Å². The molecule has 7 nitrogen and oxygen atoms in total. The molecule has 1 aliphatic rings. The zero-order chi connectivity index (χ0) is 22.4. The standard InChI is InChI=1S/C24H24N2O5/c1-4-29-21-13-19-11-15(2)30-22(19)12-17(21)9-10-23(27)31-16(3)24(28)26-20-8-6-5-7-18(20)14-25/h5-10,12-13,15-16H,4,11H2,1-3H3,(H,26,28)/b10-9+/t15-,16+/m1/s1. The molecule has 3 rings (SSSR count). The van der Waals surface area contributed by atoms with E-state index in [1.54, 1.807) is 30.3 Å². The Kier molecular flexibility index (Phi) is 6.93. The molecule has 2 atom stereocenters. The Labute approximate surface area is 181 Å². The molecule has 0 saturated carbocycles. The largest absolute Gasteiger partial charge is 0.493 e. The molecule has 0 spiro atoms. The fourth-order valence-corrected chi connectivity index (χ4v) is 3.21. The van der Waals surface area contributed by atoms with Gasteiger partial charge in [0.1, 0.15) is 23.7 Å². The van der Waals surface area contributed by atoms with Crippen LogP contribution in [0.15, 0.2) is 42.5 Å². The molecule has 0 aromatic heterocycles. The number of carbonyl (C=O) groups is 2. The molecule has 0 radical (unpaired) electrons. The molecular weight excluding hydrogens is 396 g/mol. The first-order valence-electron chi connectivity index (χ1n) is 10.1. The van der Waals surface area contributed by atoms with Gasteiger partial charge in [-0.3, -0.25) is 4.79 Å². The van der Waals surface area contributed by atoms with Crippen molar-refractivity contribution in [3.8, 4) is 17.6 Å². The molecule has 0 saturated heterocycles. The van der Waals surface area contributed by atoms with Gasteiger partial charge in [-0.15, -0.1) is 0 Å². The van der Waals surface area contributed by atoms with Gasteiger partial charge in [-0.2, -0.15) is 5.26 Å². The van der Waals surface area contributed by atoms with Crippen molar-refractivity contribution in [2.45, 2.75) is 39.4 Å². The van der Waals surface area contributed by atoms with Crippen molar-refractivity contribution in [3.63, 3.8) is 0 Å². The number of hydrogen-bond acceptors (Lipinski definition) is 6. The van der Waals surface area contributed by atoms with E-state index in [0.717, 1.165) is 17.7 Å². The third-order valence-corrected chi connectivity index (χ3v) is 4.69. The number of nitrogens with one attached hydrogen (secondary N) is 1. The van der Waals surface area contributed by atoms with Crippen LogP contribution in [0, 0.1) is 11.3 Å². The highest BCUT2D eigenvalue weighted by atomic mass is 16.5. The minimum absolute atomic E-state index is 0.0965. The van der Waals surface area contributed by atoms with Gasteiger partial charge in [0.2, 0.25) is 0 Å². The number of nitriles is 1. The van der Waals surface area contributed by atoms with Gasteiger partial charge in [-0.05, 0) is 51.1 Å². The van der Waals surface area contributed by atoms with Gasteiger partial charge in [0.25, 0.3) is 5.91 Å². The van der Waals surface area contributed by atoms with Crippen LogP contribution in [-0.4, -0.2) is 30.7 Å². The Bertz CT molecular complexity index is 1050. The first kappa shape index (κ1) is 21.9. The molecule has 1 amide bonds. The van der Waals surface area contributed by atoms with E-state index in [1.807, 2.05) is 32.0 Å². The topological polar surface area (TPSA) is 97.6 Å². The van der Waals surface area contributed by atoms with Gasteiger partial charge in [0.15, 0.2) is 6.10 Å². The second-order valence-corrected chi connectivity index (χ2v) is 7.12. The number of benzene rings is 2. The molecule has 160 valence electrons. The van der Waals surface area contributed by atoms with Gasteiger partial charge >= 0.3 is 5.97 Å². The van der Waals surface area contributed by atoms with E-state index < -0.39 is 18.0 Å². The maximum Gasteiger partial charge on any atom is 0.331 e. The lowest BCUT2D eigenvalue weighted by molar-refractivity contribution is -0.148. The molecule has 2 aromatic carbocycles. The Balaban J connectivity index is 1.65. The van der Waals surface area contributed by atoms with Crippen molar-refractivity contribution in [3.05, 3.63) is 59.2 Å². The van der Waals surface area contributed by atoms with E-state index in [4.69, 9.17) is 19.5 Å². The summed E-state index contributed by atoms with van der Waals surface area (Å²) in [7, 11) is 0. The summed E-state index contributed by atoms with van der Waals surface area (Å²) in [4.78, 5) is 24.6. The Morgan fingerprint density at radius 1 is 1.35 bits per heavy atom. The van der Waals surface area contributed by atoms with Crippen LogP contribution in [-0.2, 0) is 20.7 Å². The number of carbonyl (C=O) groups excluding carboxylic acids is 2. The zero-order valence-corrected chi connectivity index (χ0v) is 17.7. The summed E-state index contributed by atoms with van der Waals surface area (Å²) in [5.41, 5.74) is 2.44. The van der Waals surface area contributed by atoms with Gasteiger partial charge < -0.3 is 19.5 Å². The van der Waals surface area contributed by atoms with E-state index in [9.17, 15) is 9.59 Å². The van der Waals surface area contributed by atoms with Crippen LogP contribution >= 0.6 is 0 Å². The van der Waals surface area contributed by atoms with E-state index in [1.165, 1.54) is 13.0 Å². The lowest BCUT2D eigenvalue weighted by atomic mass is 10.1. The van der Waals surface area contributed by atoms with Gasteiger partial charge in [-0.25, -0.2) is 4.79 Å². The maximum absolute atomic E-state index is 12.3. The van der Waals surface area contributed by atoms with Crippen molar-refractivity contribution in [2.24, 2.45) is 0 Å². The average Bonchev–Trinajstić information content (AvgIpc) is 3.11. The second kappa shape index (κ2) is 9.81. The van der Waals surface area contributed by atoms with Crippen molar-refractivity contribution in [1.29, 1.82) is 5.26 Å². The number of ether oxygens (including phenoxy) is 3. The van der Waals surface area contributed by atoms with Crippen molar-refractivity contribution in [1.82, 2.24) is 0 Å². The third kappa shape index (κ3) is 5.43. The third-order valence-electron chi connectivity index (χ3n) is 4.69. The summed E-state index contributed by atoms with van der Waals surface area (Å²) in [5, 5.41) is 11.7. The number of rotatable bonds is 7. The van der Waals surface area contributed by atoms with Crippen molar-refractivity contribution >= 4 is 23.6 Å². The zero-order valence-electron chi connectivity index (χ0n) is 17.7. The second-order valence-electron chi connectivity index (χ2n) is 7.12. The number of hydrogen-bond donors (Lipinski definition) is 1. The van der Waals surface area contributed by atoms with Gasteiger partial charge in [-0.1, -0.05) is 12.1 Å². The molecule has 1 heterocycles. The normalized spacial score (nSPS) is 15.5. The first-order chi connectivity index (χ1) is 14.9. The number of amides is 1. The van der Waals surface area contributed by atoms with Gasteiger partial charge in [0, 0.05) is 23.6 Å². The SMILES string of the molecule is CCOc1cc2c(cc1/C=C/C(=O)O[C@@H](C)C(=O)Nc1ccccc1C#N)O[C@H](C)C2. The summed E-state index contributed by atoms with van der Waals surface area (Å²) in [6.07, 6.45) is 2.69. The van der Waals surface area contributed by atoms with Crippen LogP contribution in [0.25, 0.3) is 6.08 Å². The minimum Gasteiger partial charge on any atom is -0.493 e. The summed E-state index contributed by atoms with van der Waals surface area (Å²) >= 11 is 0. The molecule has 7 heteroatoms. The molecule has 1 N–H and O–H groups in total. The first-order valence-corrected chi connectivity index (χ1v) is 10.1. The molecular formula is C24H24N2O5. The molecule has 0 aliphatic carbocycles. The number of para-hydroxylation sites is 1. The fourth-order valence-electron chi connectivity index (χ4n) is 3.21. The molecule has 2 aromatic rings. The highest BCUT2D eigenvalue weighted by Crippen LogP contribution is 2.35. The highest BCUT2D eigenvalue weighted by Gasteiger charge is 2.22. The minimum atomic E-state index is -1.04. The Hall–Kier alpha value is -3.79. The summed E-state index contributed by atoms with van der Waals surface area (Å²) < 4.78 is 16.7. The summed E-state index contributed by atoms with van der Waals surface area (Å²) in [6.45, 7) is 5.84. The van der Waals surface area contributed by atoms with Gasteiger partial charge in [0.05, 0.1) is 17.9 Å². The molecule has 31 heavy (non-hydrogen) atoms. The maximum atomic E-state index is 12.3. The van der Waals surface area contributed by atoms with Crippen LogP contribution < -0.4 is 14.8 Å². The van der Waals surface area contributed by atoms with Crippen LogP contribution in [0.2, 0.25) is 0 Å². The van der Waals surface area contributed by atoms with E-state index in [-0.39, 0.29) is 6.10 Å². The van der Waals surface area contributed by atoms with Crippen molar-refractivity contribution < 1.29 is 23.8 Å². The molecule has 1 aliphatic heterocycles.